The van der Waals surface area contributed by atoms with Crippen LogP contribution in [0.3, 0.4) is 0 Å². The molecular formula is C38H35N3O2. The van der Waals surface area contributed by atoms with Crippen molar-refractivity contribution in [1.29, 1.82) is 5.41 Å². The number of rotatable bonds is 8. The van der Waals surface area contributed by atoms with E-state index in [4.69, 9.17) is 10.1 Å². The van der Waals surface area contributed by atoms with Crippen molar-refractivity contribution in [2.24, 2.45) is 0 Å². The highest BCUT2D eigenvalue weighted by molar-refractivity contribution is 5.96. The average Bonchev–Trinajstić information content (AvgIpc) is 3.07. The van der Waals surface area contributed by atoms with Gasteiger partial charge in [-0.1, -0.05) is 97.1 Å². The van der Waals surface area contributed by atoms with Gasteiger partial charge in [-0.05, 0) is 71.1 Å². The molecule has 0 aromatic heterocycles. The van der Waals surface area contributed by atoms with Gasteiger partial charge in [0.15, 0.2) is 0 Å². The lowest BCUT2D eigenvalue weighted by Gasteiger charge is -2.39. The highest BCUT2D eigenvalue weighted by Gasteiger charge is 2.28. The highest BCUT2D eigenvalue weighted by atomic mass is 16.5. The molecule has 5 heteroatoms. The smallest absolute Gasteiger partial charge is 0.253 e. The molecule has 6 rings (SSSR count). The van der Waals surface area contributed by atoms with Crippen molar-refractivity contribution >= 4 is 11.6 Å². The Kier molecular flexibility index (Phi) is 8.43. The minimum Gasteiger partial charge on any atom is -0.457 e. The van der Waals surface area contributed by atoms with E-state index in [0.29, 0.717) is 30.1 Å². The Morgan fingerprint density at radius 3 is 1.53 bits per heavy atom. The molecule has 5 aromatic carbocycles. The van der Waals surface area contributed by atoms with Gasteiger partial charge >= 0.3 is 0 Å². The average molecular weight is 566 g/mol. The highest BCUT2D eigenvalue weighted by Crippen LogP contribution is 2.30. The van der Waals surface area contributed by atoms with Crippen LogP contribution >= 0.6 is 0 Å². The van der Waals surface area contributed by atoms with Crippen LogP contribution in [0.1, 0.15) is 40.0 Å². The molecule has 0 radical (unpaired) electrons. The Labute approximate surface area is 253 Å². The van der Waals surface area contributed by atoms with Crippen LogP contribution in [0.2, 0.25) is 0 Å². The first-order chi connectivity index (χ1) is 21.0. The van der Waals surface area contributed by atoms with Gasteiger partial charge in [0.2, 0.25) is 0 Å². The maximum Gasteiger partial charge on any atom is 0.253 e. The standard InChI is InChI=1S/C38H35N3O2/c1-28(39)29-12-14-30(15-13-29)31-16-20-35(21-17-31)43-36-22-18-34(19-23-36)38(42)41-26-24-40(25-27-41)37(32-8-4-2-5-9-32)33-10-6-3-7-11-33/h2-23,37,39H,24-27H2,1H3. The topological polar surface area (TPSA) is 56.6 Å². The number of carbonyl (C=O) groups excluding carboxylic acids is 1. The maximum absolute atomic E-state index is 13.4. The molecule has 0 unspecified atom stereocenters. The second-order valence-electron chi connectivity index (χ2n) is 10.9. The van der Waals surface area contributed by atoms with Crippen LogP contribution in [0.25, 0.3) is 11.1 Å². The second kappa shape index (κ2) is 12.9. The molecule has 0 bridgehead atoms. The first-order valence-corrected chi connectivity index (χ1v) is 14.7. The van der Waals surface area contributed by atoms with E-state index in [1.807, 2.05) is 77.7 Å². The Bertz CT molecular complexity index is 1620. The Hall–Kier alpha value is -5.00. The van der Waals surface area contributed by atoms with E-state index in [1.165, 1.54) is 11.1 Å². The number of hydrogen-bond donors (Lipinski definition) is 1. The minimum atomic E-state index is 0.0516. The van der Waals surface area contributed by atoms with Crippen molar-refractivity contribution in [1.82, 2.24) is 9.80 Å². The van der Waals surface area contributed by atoms with Gasteiger partial charge in [-0.15, -0.1) is 0 Å². The van der Waals surface area contributed by atoms with Gasteiger partial charge in [0.05, 0.1) is 6.04 Å². The van der Waals surface area contributed by atoms with Gasteiger partial charge in [-0.2, -0.15) is 0 Å². The normalized spacial score (nSPS) is 13.6. The quantitative estimate of drug-likeness (QED) is 0.194. The summed E-state index contributed by atoms with van der Waals surface area (Å²) in [5.41, 5.74) is 6.87. The van der Waals surface area contributed by atoms with Crippen LogP contribution in [0, 0.1) is 5.41 Å². The molecule has 214 valence electrons. The molecule has 0 saturated carbocycles. The van der Waals surface area contributed by atoms with Gasteiger partial charge in [0.1, 0.15) is 11.5 Å². The van der Waals surface area contributed by atoms with Gasteiger partial charge in [-0.25, -0.2) is 0 Å². The van der Waals surface area contributed by atoms with E-state index in [2.05, 4.69) is 65.6 Å². The van der Waals surface area contributed by atoms with Crippen LogP contribution < -0.4 is 4.74 Å². The summed E-state index contributed by atoms with van der Waals surface area (Å²) >= 11 is 0. The summed E-state index contributed by atoms with van der Waals surface area (Å²) < 4.78 is 6.06. The molecular weight excluding hydrogens is 530 g/mol. The fourth-order valence-electron chi connectivity index (χ4n) is 5.68. The lowest BCUT2D eigenvalue weighted by atomic mass is 9.96. The number of hydrogen-bond acceptors (Lipinski definition) is 4. The molecule has 1 N–H and O–H groups in total. The van der Waals surface area contributed by atoms with E-state index in [-0.39, 0.29) is 11.9 Å². The molecule has 1 amide bonds. The third-order valence-corrected chi connectivity index (χ3v) is 8.04. The molecule has 1 heterocycles. The zero-order chi connectivity index (χ0) is 29.6. The molecule has 1 aliphatic rings. The molecule has 0 atom stereocenters. The number of piperazine rings is 1. The number of carbonyl (C=O) groups is 1. The van der Waals surface area contributed by atoms with E-state index in [1.54, 1.807) is 6.92 Å². The van der Waals surface area contributed by atoms with Crippen LogP contribution in [-0.4, -0.2) is 47.6 Å². The Morgan fingerprint density at radius 1 is 0.605 bits per heavy atom. The van der Waals surface area contributed by atoms with Gasteiger partial charge in [-0.3, -0.25) is 9.69 Å². The molecule has 0 spiro atoms. The summed E-state index contributed by atoms with van der Waals surface area (Å²) in [5, 5.41) is 7.77. The number of benzene rings is 5. The molecule has 1 fully saturated rings. The number of ether oxygens (including phenoxy) is 1. The van der Waals surface area contributed by atoms with Crippen LogP contribution in [0.4, 0.5) is 0 Å². The summed E-state index contributed by atoms with van der Waals surface area (Å²) in [7, 11) is 0. The third kappa shape index (κ3) is 6.58. The first-order valence-electron chi connectivity index (χ1n) is 14.7. The van der Waals surface area contributed by atoms with Crippen LogP contribution in [0.15, 0.2) is 133 Å². The first kappa shape index (κ1) is 28.1. The largest absolute Gasteiger partial charge is 0.457 e. The van der Waals surface area contributed by atoms with Gasteiger partial charge in [0.25, 0.3) is 5.91 Å². The molecule has 1 aliphatic heterocycles. The van der Waals surface area contributed by atoms with Crippen LogP contribution in [0.5, 0.6) is 11.5 Å². The zero-order valence-corrected chi connectivity index (χ0v) is 24.3. The summed E-state index contributed by atoms with van der Waals surface area (Å²) in [6.07, 6.45) is 0. The molecule has 5 nitrogen and oxygen atoms in total. The van der Waals surface area contributed by atoms with Crippen LogP contribution in [-0.2, 0) is 0 Å². The van der Waals surface area contributed by atoms with Crippen molar-refractivity contribution < 1.29 is 9.53 Å². The van der Waals surface area contributed by atoms with E-state index >= 15 is 0 Å². The monoisotopic (exact) mass is 565 g/mol. The van der Waals surface area contributed by atoms with Crippen molar-refractivity contribution in [2.75, 3.05) is 26.2 Å². The third-order valence-electron chi connectivity index (χ3n) is 8.04. The second-order valence-corrected chi connectivity index (χ2v) is 10.9. The number of nitrogens with one attached hydrogen (secondary N) is 1. The SMILES string of the molecule is CC(=N)c1ccc(-c2ccc(Oc3ccc(C(=O)N4CCN(C(c5ccccc5)c5ccccc5)CC4)cc3)cc2)cc1. The maximum atomic E-state index is 13.4. The Morgan fingerprint density at radius 2 is 1.05 bits per heavy atom. The Balaban J connectivity index is 1.06. The summed E-state index contributed by atoms with van der Waals surface area (Å²) in [4.78, 5) is 17.8. The van der Waals surface area contributed by atoms with Crippen molar-refractivity contribution in [2.45, 2.75) is 13.0 Å². The van der Waals surface area contributed by atoms with Gasteiger partial charge in [0, 0.05) is 37.5 Å². The molecule has 5 aromatic rings. The molecule has 1 saturated heterocycles. The van der Waals surface area contributed by atoms with Crippen molar-refractivity contribution in [3.05, 3.63) is 156 Å². The van der Waals surface area contributed by atoms with Crippen molar-refractivity contribution in [3.63, 3.8) is 0 Å². The van der Waals surface area contributed by atoms with E-state index in [0.717, 1.165) is 35.5 Å². The van der Waals surface area contributed by atoms with E-state index in [9.17, 15) is 4.79 Å². The summed E-state index contributed by atoms with van der Waals surface area (Å²) in [6.45, 7) is 4.78. The number of nitrogens with zero attached hydrogens (tertiary/aromatic N) is 2. The fourth-order valence-corrected chi connectivity index (χ4v) is 5.68. The predicted molar refractivity (Wildman–Crippen MR) is 173 cm³/mol. The lowest BCUT2D eigenvalue weighted by Crippen LogP contribution is -2.49. The molecule has 43 heavy (non-hydrogen) atoms. The minimum absolute atomic E-state index is 0.0516. The van der Waals surface area contributed by atoms with Gasteiger partial charge < -0.3 is 15.0 Å². The summed E-state index contributed by atoms with van der Waals surface area (Å²) in [6, 6.07) is 44.7. The van der Waals surface area contributed by atoms with Crippen molar-refractivity contribution in [3.8, 4) is 22.6 Å². The van der Waals surface area contributed by atoms with E-state index < -0.39 is 0 Å². The predicted octanol–water partition coefficient (Wildman–Crippen LogP) is 8.08. The molecule has 0 aliphatic carbocycles. The lowest BCUT2D eigenvalue weighted by molar-refractivity contribution is 0.0597. The number of amides is 1. The summed E-state index contributed by atoms with van der Waals surface area (Å²) in [5.74, 6) is 1.47. The fraction of sp³-hybridized carbons (Fsp3) is 0.158. The zero-order valence-electron chi connectivity index (χ0n) is 24.3.